The molecule has 0 spiro atoms. The largest absolute Gasteiger partial charge is 0.362 e. The van der Waals surface area contributed by atoms with Crippen LogP contribution in [-0.4, -0.2) is 33.8 Å². The molecule has 0 aliphatic carbocycles. The molecule has 0 aliphatic rings. The molecule has 20 heavy (non-hydrogen) atoms. The molecule has 0 aromatic carbocycles. The first-order valence-electron chi connectivity index (χ1n) is 6.78. The van der Waals surface area contributed by atoms with Gasteiger partial charge in [-0.2, -0.15) is 10.1 Å². The van der Waals surface area contributed by atoms with Crippen LogP contribution in [0.15, 0.2) is 18.5 Å². The minimum atomic E-state index is 0.153. The summed E-state index contributed by atoms with van der Waals surface area (Å²) in [6.45, 7) is 4.14. The maximum Gasteiger partial charge on any atom is 0.225 e. The molecule has 2 aromatic heterocycles. The first-order valence-corrected chi connectivity index (χ1v) is 6.78. The lowest BCUT2D eigenvalue weighted by Crippen LogP contribution is -2.18. The van der Waals surface area contributed by atoms with Gasteiger partial charge in [0, 0.05) is 39.1 Å². The van der Waals surface area contributed by atoms with E-state index in [-0.39, 0.29) is 6.04 Å². The lowest BCUT2D eigenvalue weighted by atomic mass is 10.1. The zero-order valence-corrected chi connectivity index (χ0v) is 12.8. The van der Waals surface area contributed by atoms with Crippen LogP contribution in [0.5, 0.6) is 0 Å². The summed E-state index contributed by atoms with van der Waals surface area (Å²) in [4.78, 5) is 10.9. The van der Waals surface area contributed by atoms with E-state index in [1.54, 1.807) is 6.20 Å². The van der Waals surface area contributed by atoms with Crippen molar-refractivity contribution >= 4 is 11.8 Å². The Labute approximate surface area is 119 Å². The van der Waals surface area contributed by atoms with Gasteiger partial charge in [0.1, 0.15) is 5.82 Å². The van der Waals surface area contributed by atoms with Crippen molar-refractivity contribution in [2.45, 2.75) is 26.3 Å². The molecule has 0 unspecified atom stereocenters. The molecule has 6 heteroatoms. The van der Waals surface area contributed by atoms with E-state index in [4.69, 9.17) is 0 Å². The number of hydrogen-bond donors (Lipinski definition) is 1. The van der Waals surface area contributed by atoms with E-state index in [1.807, 2.05) is 49.9 Å². The first kappa shape index (κ1) is 14.3. The van der Waals surface area contributed by atoms with Gasteiger partial charge in [-0.15, -0.1) is 0 Å². The van der Waals surface area contributed by atoms with Crippen molar-refractivity contribution in [1.82, 2.24) is 19.7 Å². The highest BCUT2D eigenvalue weighted by Gasteiger charge is 2.15. The molecule has 0 radical (unpaired) electrons. The number of nitrogens with one attached hydrogen (secondary N) is 1. The average Bonchev–Trinajstić information content (AvgIpc) is 2.83. The summed E-state index contributed by atoms with van der Waals surface area (Å²) < 4.78 is 1.88. The second-order valence-corrected chi connectivity index (χ2v) is 5.08. The Morgan fingerprint density at radius 1 is 1.40 bits per heavy atom. The predicted molar refractivity (Wildman–Crippen MR) is 81.0 cm³/mol. The number of aryl methyl sites for hydroxylation is 2. The molecule has 1 N–H and O–H groups in total. The summed E-state index contributed by atoms with van der Waals surface area (Å²) in [6.07, 6.45) is 4.59. The van der Waals surface area contributed by atoms with Gasteiger partial charge in [0.15, 0.2) is 0 Å². The van der Waals surface area contributed by atoms with Crippen molar-refractivity contribution in [3.8, 4) is 0 Å². The summed E-state index contributed by atoms with van der Waals surface area (Å²) in [5, 5.41) is 7.60. The molecule has 1 atom stereocenters. The van der Waals surface area contributed by atoms with E-state index in [9.17, 15) is 0 Å². The molecule has 0 saturated carbocycles. The van der Waals surface area contributed by atoms with Crippen molar-refractivity contribution in [2.75, 3.05) is 24.3 Å². The van der Waals surface area contributed by atoms with Gasteiger partial charge in [0.2, 0.25) is 5.95 Å². The number of rotatable bonds is 5. The number of hydrogen-bond acceptors (Lipinski definition) is 5. The Morgan fingerprint density at radius 3 is 2.70 bits per heavy atom. The highest BCUT2D eigenvalue weighted by molar-refractivity contribution is 5.48. The number of aromatic nitrogens is 4. The molecule has 0 amide bonds. The van der Waals surface area contributed by atoms with Crippen molar-refractivity contribution in [1.29, 1.82) is 0 Å². The van der Waals surface area contributed by atoms with E-state index in [2.05, 4.69) is 27.3 Å². The van der Waals surface area contributed by atoms with Gasteiger partial charge >= 0.3 is 0 Å². The van der Waals surface area contributed by atoms with E-state index < -0.39 is 0 Å². The molecule has 0 fully saturated rings. The Balaban J connectivity index is 2.24. The smallest absolute Gasteiger partial charge is 0.225 e. The second-order valence-electron chi connectivity index (χ2n) is 5.08. The van der Waals surface area contributed by atoms with Gasteiger partial charge in [-0.1, -0.05) is 6.92 Å². The summed E-state index contributed by atoms with van der Waals surface area (Å²) in [6, 6.07) is 2.17. The van der Waals surface area contributed by atoms with E-state index in [0.29, 0.717) is 5.95 Å². The molecule has 6 nitrogen and oxygen atoms in total. The maximum absolute atomic E-state index is 4.57. The molecular formula is C14H22N6. The summed E-state index contributed by atoms with van der Waals surface area (Å²) >= 11 is 0. The Morgan fingerprint density at radius 2 is 2.15 bits per heavy atom. The minimum absolute atomic E-state index is 0.153. The van der Waals surface area contributed by atoms with Crippen molar-refractivity contribution in [3.05, 3.63) is 29.7 Å². The normalized spacial score (nSPS) is 12.2. The second kappa shape index (κ2) is 5.90. The van der Waals surface area contributed by atoms with E-state index in [0.717, 1.165) is 23.5 Å². The van der Waals surface area contributed by atoms with Gasteiger partial charge in [-0.05, 0) is 19.4 Å². The maximum atomic E-state index is 4.57. The van der Waals surface area contributed by atoms with Gasteiger partial charge < -0.3 is 10.2 Å². The number of anilines is 2. The van der Waals surface area contributed by atoms with Gasteiger partial charge in [-0.25, -0.2) is 4.98 Å². The predicted octanol–water partition coefficient (Wildman–Crippen LogP) is 2.15. The van der Waals surface area contributed by atoms with Crippen LogP contribution in [0.4, 0.5) is 11.8 Å². The molecule has 2 heterocycles. The summed E-state index contributed by atoms with van der Waals surface area (Å²) in [5.74, 6) is 1.58. The molecule has 2 aromatic rings. The van der Waals surface area contributed by atoms with Crippen LogP contribution in [0.1, 0.15) is 30.6 Å². The fourth-order valence-corrected chi connectivity index (χ4v) is 2.22. The monoisotopic (exact) mass is 274 g/mol. The molecule has 0 bridgehead atoms. The number of nitrogens with zero attached hydrogens (tertiary/aromatic N) is 5. The molecular weight excluding hydrogens is 252 g/mol. The molecule has 0 saturated heterocycles. The van der Waals surface area contributed by atoms with Crippen LogP contribution in [0.3, 0.4) is 0 Å². The van der Waals surface area contributed by atoms with Crippen molar-refractivity contribution in [2.24, 2.45) is 7.05 Å². The Bertz CT molecular complexity index is 575. The van der Waals surface area contributed by atoms with Crippen LogP contribution in [0.2, 0.25) is 0 Å². The van der Waals surface area contributed by atoms with E-state index >= 15 is 0 Å². The minimum Gasteiger partial charge on any atom is -0.362 e. The lowest BCUT2D eigenvalue weighted by molar-refractivity contribution is 0.629. The quantitative estimate of drug-likeness (QED) is 0.905. The fourth-order valence-electron chi connectivity index (χ4n) is 2.22. The third-order valence-electron chi connectivity index (χ3n) is 3.30. The van der Waals surface area contributed by atoms with Gasteiger partial charge in [0.25, 0.3) is 0 Å². The third-order valence-corrected chi connectivity index (χ3v) is 3.30. The van der Waals surface area contributed by atoms with Gasteiger partial charge in [-0.3, -0.25) is 4.68 Å². The Kier molecular flexibility index (Phi) is 4.22. The highest BCUT2D eigenvalue weighted by Crippen LogP contribution is 2.22. The standard InChI is InChI=1S/C14H22N6/c1-6-11(12-7-8-16-20(12)5)17-14-15-9-10(2)13(18-14)19(3)4/h7-9,11H,6H2,1-5H3,(H,15,17,18)/t11-/m1/s1. The van der Waals surface area contributed by atoms with Crippen molar-refractivity contribution in [3.63, 3.8) is 0 Å². The van der Waals surface area contributed by atoms with Crippen LogP contribution in [0, 0.1) is 6.92 Å². The van der Waals surface area contributed by atoms with Crippen LogP contribution < -0.4 is 10.2 Å². The SMILES string of the molecule is CC[C@@H](Nc1ncc(C)c(N(C)C)n1)c1ccnn1C. The fraction of sp³-hybridized carbons (Fsp3) is 0.500. The summed E-state index contributed by atoms with van der Waals surface area (Å²) in [5.41, 5.74) is 2.19. The molecule has 0 aliphatic heterocycles. The van der Waals surface area contributed by atoms with E-state index in [1.165, 1.54) is 0 Å². The molecule has 108 valence electrons. The first-order chi connectivity index (χ1) is 9.52. The van der Waals surface area contributed by atoms with Crippen LogP contribution >= 0.6 is 0 Å². The third kappa shape index (κ3) is 2.89. The van der Waals surface area contributed by atoms with Crippen molar-refractivity contribution < 1.29 is 0 Å². The average molecular weight is 274 g/mol. The van der Waals surface area contributed by atoms with Crippen LogP contribution in [0.25, 0.3) is 0 Å². The zero-order chi connectivity index (χ0) is 14.7. The highest BCUT2D eigenvalue weighted by atomic mass is 15.3. The Hall–Kier alpha value is -2.11. The topological polar surface area (TPSA) is 58.9 Å². The lowest BCUT2D eigenvalue weighted by Gasteiger charge is -2.19. The zero-order valence-electron chi connectivity index (χ0n) is 12.8. The molecule has 2 rings (SSSR count). The van der Waals surface area contributed by atoms with Crippen LogP contribution in [-0.2, 0) is 7.05 Å². The summed E-state index contributed by atoms with van der Waals surface area (Å²) in [7, 11) is 5.91. The van der Waals surface area contributed by atoms with Gasteiger partial charge in [0.05, 0.1) is 11.7 Å².